The monoisotopic (exact) mass is 630 g/mol. The molecular formula is C40H39FN2O4. The molecule has 0 saturated carbocycles. The van der Waals surface area contributed by atoms with E-state index in [9.17, 15) is 14.0 Å². The summed E-state index contributed by atoms with van der Waals surface area (Å²) >= 11 is 0. The van der Waals surface area contributed by atoms with Crippen molar-refractivity contribution in [3.05, 3.63) is 138 Å². The van der Waals surface area contributed by atoms with Crippen LogP contribution in [0.4, 0.5) is 10.1 Å². The number of cyclic esters (lactones) is 1. The topological polar surface area (TPSA) is 69.6 Å². The first-order valence-electron chi connectivity index (χ1n) is 16.2. The molecule has 47 heavy (non-hydrogen) atoms. The van der Waals surface area contributed by atoms with Gasteiger partial charge in [0.1, 0.15) is 11.9 Å². The largest absolute Gasteiger partial charge is 0.462 e. The standard InChI is InChI=1S/C40H39FN2O4/c1-27(2)38-37(40(45)42-32-16-10-5-11-17-32)36(29-14-8-4-9-15-29)39(30-18-20-31(41)21-19-30)43(38)23-22-33-24-34(25-35(44)47-33)46-26-28-12-6-3-7-13-28/h3-21,27,33-34H,22-26H2,1-2H3,(H,42,45). The Balaban J connectivity index is 1.40. The summed E-state index contributed by atoms with van der Waals surface area (Å²) in [6.45, 7) is 5.04. The molecule has 0 spiro atoms. The van der Waals surface area contributed by atoms with Gasteiger partial charge < -0.3 is 19.4 Å². The lowest BCUT2D eigenvalue weighted by molar-refractivity contribution is -0.164. The fraction of sp³-hybridized carbons (Fsp3) is 0.250. The van der Waals surface area contributed by atoms with Crippen molar-refractivity contribution in [1.29, 1.82) is 0 Å². The fourth-order valence-corrected chi connectivity index (χ4v) is 6.42. The van der Waals surface area contributed by atoms with Crippen LogP contribution < -0.4 is 5.32 Å². The lowest BCUT2D eigenvalue weighted by Gasteiger charge is -2.29. The number of hydrogen-bond donors (Lipinski definition) is 1. The first kappa shape index (κ1) is 32.0. The van der Waals surface area contributed by atoms with Gasteiger partial charge in [0, 0.05) is 36.3 Å². The molecule has 1 fully saturated rings. The fourth-order valence-electron chi connectivity index (χ4n) is 6.42. The lowest BCUT2D eigenvalue weighted by atomic mass is 9.94. The van der Waals surface area contributed by atoms with E-state index in [1.54, 1.807) is 12.1 Å². The van der Waals surface area contributed by atoms with Crippen molar-refractivity contribution in [2.45, 2.75) is 64.4 Å². The van der Waals surface area contributed by atoms with Gasteiger partial charge in [-0.1, -0.05) is 92.7 Å². The van der Waals surface area contributed by atoms with Crippen molar-refractivity contribution in [3.63, 3.8) is 0 Å². The van der Waals surface area contributed by atoms with Crippen molar-refractivity contribution < 1.29 is 23.5 Å². The quantitative estimate of drug-likeness (QED) is 0.148. The smallest absolute Gasteiger partial charge is 0.308 e. The van der Waals surface area contributed by atoms with Crippen molar-refractivity contribution in [1.82, 2.24) is 4.57 Å². The van der Waals surface area contributed by atoms with Crippen LogP contribution in [-0.4, -0.2) is 28.7 Å². The molecule has 1 amide bonds. The molecular weight excluding hydrogens is 591 g/mol. The minimum Gasteiger partial charge on any atom is -0.462 e. The maximum atomic E-state index is 14.3. The number of ether oxygens (including phenoxy) is 2. The predicted molar refractivity (Wildman–Crippen MR) is 182 cm³/mol. The average Bonchev–Trinajstić information content (AvgIpc) is 3.43. The third-order valence-corrected chi connectivity index (χ3v) is 8.51. The highest BCUT2D eigenvalue weighted by Gasteiger charge is 2.33. The van der Waals surface area contributed by atoms with Crippen LogP contribution in [0.25, 0.3) is 22.4 Å². The van der Waals surface area contributed by atoms with E-state index >= 15 is 0 Å². The zero-order chi connectivity index (χ0) is 32.8. The van der Waals surface area contributed by atoms with E-state index in [0.29, 0.717) is 37.2 Å². The molecule has 0 aliphatic carbocycles. The van der Waals surface area contributed by atoms with Crippen molar-refractivity contribution in [3.8, 4) is 22.4 Å². The number of esters is 1. The number of carbonyl (C=O) groups excluding carboxylic acids is 2. The van der Waals surface area contributed by atoms with Crippen molar-refractivity contribution in [2.75, 3.05) is 5.32 Å². The van der Waals surface area contributed by atoms with Gasteiger partial charge in [-0.2, -0.15) is 0 Å². The second kappa shape index (κ2) is 14.6. The molecule has 0 bridgehead atoms. The molecule has 6 nitrogen and oxygen atoms in total. The van der Waals surface area contributed by atoms with Crippen LogP contribution in [0.3, 0.4) is 0 Å². The Bertz CT molecular complexity index is 1800. The molecule has 7 heteroatoms. The third-order valence-electron chi connectivity index (χ3n) is 8.51. The first-order chi connectivity index (χ1) is 22.9. The number of aromatic nitrogens is 1. The Morgan fingerprint density at radius 3 is 2.19 bits per heavy atom. The van der Waals surface area contributed by atoms with E-state index < -0.39 is 0 Å². The second-order valence-corrected chi connectivity index (χ2v) is 12.2. The zero-order valence-corrected chi connectivity index (χ0v) is 26.7. The number of benzene rings is 4. The van der Waals surface area contributed by atoms with Gasteiger partial charge in [-0.25, -0.2) is 4.39 Å². The molecule has 2 atom stereocenters. The predicted octanol–water partition coefficient (Wildman–Crippen LogP) is 9.02. The summed E-state index contributed by atoms with van der Waals surface area (Å²) in [6, 6.07) is 35.5. The van der Waals surface area contributed by atoms with Gasteiger partial charge >= 0.3 is 5.97 Å². The summed E-state index contributed by atoms with van der Waals surface area (Å²) in [4.78, 5) is 27.0. The molecule has 1 aliphatic rings. The molecule has 5 aromatic rings. The SMILES string of the molecule is CC(C)c1c(C(=O)Nc2ccccc2)c(-c2ccccc2)c(-c2ccc(F)cc2)n1CCC1CC(OCc2ccccc2)CC(=O)O1. The molecule has 1 aromatic heterocycles. The van der Waals surface area contributed by atoms with Gasteiger partial charge in [0.05, 0.1) is 30.4 Å². The highest BCUT2D eigenvalue weighted by molar-refractivity contribution is 6.12. The van der Waals surface area contributed by atoms with Gasteiger partial charge in [0.15, 0.2) is 0 Å². The number of nitrogens with one attached hydrogen (secondary N) is 1. The van der Waals surface area contributed by atoms with Gasteiger partial charge in [0.2, 0.25) is 0 Å². The number of rotatable bonds is 11. The summed E-state index contributed by atoms with van der Waals surface area (Å²) in [7, 11) is 0. The molecule has 1 aliphatic heterocycles. The Hall–Kier alpha value is -5.01. The van der Waals surface area contributed by atoms with Crippen molar-refractivity contribution >= 4 is 17.6 Å². The van der Waals surface area contributed by atoms with Gasteiger partial charge in [-0.15, -0.1) is 0 Å². The van der Waals surface area contributed by atoms with Crippen LogP contribution in [0.5, 0.6) is 0 Å². The average molecular weight is 631 g/mol. The van der Waals surface area contributed by atoms with Crippen LogP contribution >= 0.6 is 0 Å². The lowest BCUT2D eigenvalue weighted by Crippen LogP contribution is -2.35. The summed E-state index contributed by atoms with van der Waals surface area (Å²) < 4.78 is 28.4. The summed E-state index contributed by atoms with van der Waals surface area (Å²) in [6.07, 6.45) is 0.706. The third kappa shape index (κ3) is 7.53. The van der Waals surface area contributed by atoms with Gasteiger partial charge in [-0.3, -0.25) is 9.59 Å². The Labute approximate surface area is 275 Å². The Kier molecular flexibility index (Phi) is 9.93. The first-order valence-corrected chi connectivity index (χ1v) is 16.2. The highest BCUT2D eigenvalue weighted by atomic mass is 19.1. The number of hydrogen-bond acceptors (Lipinski definition) is 4. The molecule has 2 heterocycles. The molecule has 2 unspecified atom stereocenters. The number of halogens is 1. The number of anilines is 1. The van der Waals surface area contributed by atoms with Crippen LogP contribution in [0.15, 0.2) is 115 Å². The van der Waals surface area contributed by atoms with Crippen LogP contribution in [0.1, 0.15) is 60.6 Å². The molecule has 1 saturated heterocycles. The second-order valence-electron chi connectivity index (χ2n) is 12.2. The van der Waals surface area contributed by atoms with E-state index in [0.717, 1.165) is 33.6 Å². The molecule has 6 rings (SSSR count). The summed E-state index contributed by atoms with van der Waals surface area (Å²) in [5.74, 6) is -0.879. The highest BCUT2D eigenvalue weighted by Crippen LogP contribution is 2.43. The zero-order valence-electron chi connectivity index (χ0n) is 26.7. The van der Waals surface area contributed by atoms with E-state index in [1.165, 1.54) is 12.1 Å². The Morgan fingerprint density at radius 2 is 1.53 bits per heavy atom. The maximum absolute atomic E-state index is 14.3. The summed E-state index contributed by atoms with van der Waals surface area (Å²) in [5.41, 5.74) is 6.43. The molecule has 4 aromatic carbocycles. The molecule has 0 radical (unpaired) electrons. The normalized spacial score (nSPS) is 16.2. The van der Waals surface area contributed by atoms with Crippen molar-refractivity contribution in [2.24, 2.45) is 0 Å². The number of nitrogens with zero attached hydrogens (tertiary/aromatic N) is 1. The minimum absolute atomic E-state index is 0.0426. The minimum atomic E-state index is -0.359. The number of amides is 1. The van der Waals surface area contributed by atoms with Crippen LogP contribution in [0, 0.1) is 5.82 Å². The Morgan fingerprint density at radius 1 is 0.894 bits per heavy atom. The van der Waals surface area contributed by atoms with Crippen LogP contribution in [-0.2, 0) is 27.4 Å². The van der Waals surface area contributed by atoms with Gasteiger partial charge in [0.25, 0.3) is 5.91 Å². The van der Waals surface area contributed by atoms with Crippen LogP contribution in [0.2, 0.25) is 0 Å². The summed E-state index contributed by atoms with van der Waals surface area (Å²) in [5, 5.41) is 3.11. The van der Waals surface area contributed by atoms with E-state index in [4.69, 9.17) is 9.47 Å². The number of para-hydroxylation sites is 1. The number of carbonyl (C=O) groups is 2. The van der Waals surface area contributed by atoms with E-state index in [-0.39, 0.29) is 42.2 Å². The van der Waals surface area contributed by atoms with Gasteiger partial charge in [-0.05, 0) is 59.0 Å². The molecule has 240 valence electrons. The van der Waals surface area contributed by atoms with E-state index in [1.807, 2.05) is 91.0 Å². The molecule has 1 N–H and O–H groups in total. The van der Waals surface area contributed by atoms with E-state index in [2.05, 4.69) is 23.7 Å². The maximum Gasteiger partial charge on any atom is 0.308 e.